The number of fused-ring (bicyclic) bond motifs is 3. The lowest BCUT2D eigenvalue weighted by atomic mass is 9.45. The van der Waals surface area contributed by atoms with Gasteiger partial charge in [0.25, 0.3) is 0 Å². The maximum Gasteiger partial charge on any atom is 0.302 e. The lowest BCUT2D eigenvalue weighted by molar-refractivity contribution is -0.214. The first-order valence-corrected chi connectivity index (χ1v) is 13.4. The molecule has 0 aromatic heterocycles. The summed E-state index contributed by atoms with van der Waals surface area (Å²) in [7, 11) is 0. The van der Waals surface area contributed by atoms with E-state index in [1.165, 1.54) is 19.8 Å². The molecule has 0 amide bonds. The number of rotatable bonds is 4. The second-order valence-corrected chi connectivity index (χ2v) is 12.0. The van der Waals surface area contributed by atoms with Gasteiger partial charge in [-0.1, -0.05) is 0 Å². The molecule has 0 radical (unpaired) electrons. The van der Waals surface area contributed by atoms with Crippen molar-refractivity contribution in [2.24, 2.45) is 29.1 Å². The minimum atomic E-state index is -0.594. The molecular weight excluding hydrogens is 408 g/mol. The molecule has 3 saturated heterocycles. The van der Waals surface area contributed by atoms with Crippen LogP contribution in [0, 0.1) is 29.1 Å². The van der Waals surface area contributed by atoms with Crippen molar-refractivity contribution >= 4 is 5.97 Å². The minimum absolute atomic E-state index is 0.210. The maximum atomic E-state index is 12.2. The minimum Gasteiger partial charge on any atom is -0.460 e. The highest BCUT2D eigenvalue weighted by Crippen LogP contribution is 2.65. The lowest BCUT2D eigenvalue weighted by Crippen LogP contribution is -2.63. The highest BCUT2D eigenvalue weighted by molar-refractivity contribution is 5.66. The highest BCUT2D eigenvalue weighted by atomic mass is 16.6. The van der Waals surface area contributed by atoms with Gasteiger partial charge in [0.05, 0.1) is 42.7 Å². The number of epoxide rings is 3. The molecule has 7 rings (SSSR count). The molecule has 6 heteroatoms. The molecule has 178 valence electrons. The van der Waals surface area contributed by atoms with Crippen LogP contribution in [-0.2, 0) is 23.7 Å². The third-order valence-electron chi connectivity index (χ3n) is 10.6. The van der Waals surface area contributed by atoms with Gasteiger partial charge in [-0.2, -0.15) is 0 Å². The molecule has 7 fully saturated rings. The summed E-state index contributed by atoms with van der Waals surface area (Å²) in [6.45, 7) is 1.48. The molecule has 7 aliphatic rings. The van der Waals surface area contributed by atoms with Crippen LogP contribution in [0.1, 0.15) is 77.6 Å². The zero-order valence-corrected chi connectivity index (χ0v) is 19.2. The average Bonchev–Trinajstić information content (AvgIpc) is 3.66. The molecule has 12 unspecified atom stereocenters. The van der Waals surface area contributed by atoms with E-state index < -0.39 is 6.10 Å². The summed E-state index contributed by atoms with van der Waals surface area (Å²) in [5.74, 6) is 1.67. The van der Waals surface area contributed by atoms with Crippen molar-refractivity contribution in [1.82, 2.24) is 0 Å². The molecule has 4 aliphatic carbocycles. The van der Waals surface area contributed by atoms with Crippen molar-refractivity contribution in [3.05, 3.63) is 0 Å². The third-order valence-corrected chi connectivity index (χ3v) is 10.6. The zero-order valence-electron chi connectivity index (χ0n) is 19.2. The molecule has 0 aromatic rings. The van der Waals surface area contributed by atoms with Crippen LogP contribution in [-0.4, -0.2) is 59.9 Å². The second kappa shape index (κ2) is 7.40. The number of hydrogen-bond donors (Lipinski definition) is 1. The number of carbonyl (C=O) groups excluding carboxylic acids is 1. The van der Waals surface area contributed by atoms with Gasteiger partial charge in [0, 0.05) is 12.3 Å². The van der Waals surface area contributed by atoms with Crippen molar-refractivity contribution in [1.29, 1.82) is 0 Å². The van der Waals surface area contributed by atoms with Crippen LogP contribution in [0.2, 0.25) is 0 Å². The Morgan fingerprint density at radius 3 is 1.84 bits per heavy atom. The first-order chi connectivity index (χ1) is 15.5. The van der Waals surface area contributed by atoms with Gasteiger partial charge in [-0.3, -0.25) is 4.79 Å². The van der Waals surface area contributed by atoms with Crippen LogP contribution in [0.3, 0.4) is 0 Å². The fraction of sp³-hybridized carbons (Fsp3) is 0.962. The van der Waals surface area contributed by atoms with Gasteiger partial charge in [-0.15, -0.1) is 0 Å². The van der Waals surface area contributed by atoms with Crippen molar-refractivity contribution in [2.45, 2.75) is 126 Å². The van der Waals surface area contributed by atoms with Gasteiger partial charge in [-0.05, 0) is 94.3 Å². The molecule has 3 heterocycles. The summed E-state index contributed by atoms with van der Waals surface area (Å²) in [6.07, 6.45) is 13.6. The monoisotopic (exact) mass is 446 g/mol. The molecule has 0 spiro atoms. The summed E-state index contributed by atoms with van der Waals surface area (Å²) >= 11 is 0. The van der Waals surface area contributed by atoms with Gasteiger partial charge in [0.1, 0.15) is 6.10 Å². The summed E-state index contributed by atoms with van der Waals surface area (Å²) in [5.41, 5.74) is -0.210. The maximum absolute atomic E-state index is 12.2. The molecule has 1 N–H and O–H groups in total. The van der Waals surface area contributed by atoms with Crippen molar-refractivity contribution < 1.29 is 28.8 Å². The summed E-state index contributed by atoms with van der Waals surface area (Å²) < 4.78 is 23.7. The Labute approximate surface area is 190 Å². The standard InChI is InChI=1S/C26H38O6/c1-13(27)29-21-9-5-17(14-2-6-18-22(10-14)30-18)26(25(21)28,15-3-7-19-23(11-15)31-19)16-4-8-20-24(12-16)32-20/h14-25,28H,2-12H2,1H3. The number of carbonyl (C=O) groups is 1. The highest BCUT2D eigenvalue weighted by Gasteiger charge is 2.66. The van der Waals surface area contributed by atoms with E-state index in [1.54, 1.807) is 0 Å². The Bertz CT molecular complexity index is 741. The smallest absolute Gasteiger partial charge is 0.302 e. The van der Waals surface area contributed by atoms with Crippen LogP contribution in [0.5, 0.6) is 0 Å². The molecule has 3 aliphatic heterocycles. The molecule has 4 saturated carbocycles. The Morgan fingerprint density at radius 1 is 0.750 bits per heavy atom. The SMILES string of the molecule is CC(=O)OC1CCC(C2CCC3OC3C2)C(C2CCC3OC3C2)(C2CCC3OC3C2)C1O. The van der Waals surface area contributed by atoms with Crippen LogP contribution in [0.15, 0.2) is 0 Å². The van der Waals surface area contributed by atoms with Crippen LogP contribution in [0.25, 0.3) is 0 Å². The Kier molecular flexibility index (Phi) is 4.78. The second-order valence-electron chi connectivity index (χ2n) is 12.0. The van der Waals surface area contributed by atoms with Crippen LogP contribution >= 0.6 is 0 Å². The van der Waals surface area contributed by atoms with E-state index in [0.29, 0.717) is 60.3 Å². The van der Waals surface area contributed by atoms with Crippen molar-refractivity contribution in [3.8, 4) is 0 Å². The van der Waals surface area contributed by atoms with Gasteiger partial charge < -0.3 is 24.1 Å². The number of esters is 1. The van der Waals surface area contributed by atoms with Gasteiger partial charge >= 0.3 is 5.97 Å². The first kappa shape index (κ1) is 20.7. The predicted octanol–water partition coefficient (Wildman–Crippen LogP) is 3.38. The summed E-state index contributed by atoms with van der Waals surface area (Å²) in [6, 6.07) is 0. The quantitative estimate of drug-likeness (QED) is 0.527. The molecular formula is C26H38O6. The summed E-state index contributed by atoms with van der Waals surface area (Å²) in [5, 5.41) is 12.2. The zero-order chi connectivity index (χ0) is 21.6. The topological polar surface area (TPSA) is 84.1 Å². The number of aliphatic hydroxyl groups is 1. The number of hydrogen-bond acceptors (Lipinski definition) is 6. The van der Waals surface area contributed by atoms with Crippen LogP contribution in [0.4, 0.5) is 0 Å². The van der Waals surface area contributed by atoms with E-state index in [4.69, 9.17) is 18.9 Å². The van der Waals surface area contributed by atoms with Gasteiger partial charge in [0.2, 0.25) is 0 Å². The number of aliphatic hydroxyl groups excluding tert-OH is 1. The van der Waals surface area contributed by atoms with E-state index in [1.807, 2.05) is 0 Å². The number of ether oxygens (including phenoxy) is 4. The third kappa shape index (κ3) is 3.23. The average molecular weight is 447 g/mol. The molecule has 32 heavy (non-hydrogen) atoms. The lowest BCUT2D eigenvalue weighted by Gasteiger charge is -2.61. The van der Waals surface area contributed by atoms with E-state index in [9.17, 15) is 9.90 Å². The van der Waals surface area contributed by atoms with E-state index in [2.05, 4.69) is 0 Å². The Balaban J connectivity index is 1.29. The molecule has 0 aromatic carbocycles. The fourth-order valence-corrected chi connectivity index (χ4v) is 9.21. The first-order valence-electron chi connectivity index (χ1n) is 13.4. The van der Waals surface area contributed by atoms with Gasteiger partial charge in [-0.25, -0.2) is 0 Å². The predicted molar refractivity (Wildman–Crippen MR) is 115 cm³/mol. The van der Waals surface area contributed by atoms with Crippen molar-refractivity contribution in [3.63, 3.8) is 0 Å². The normalized spacial score (nSPS) is 58.1. The van der Waals surface area contributed by atoms with Crippen LogP contribution < -0.4 is 0 Å². The molecule has 0 bridgehead atoms. The fourth-order valence-electron chi connectivity index (χ4n) is 9.21. The van der Waals surface area contributed by atoms with E-state index in [-0.39, 0.29) is 17.5 Å². The molecule has 6 nitrogen and oxygen atoms in total. The Morgan fingerprint density at radius 2 is 1.31 bits per heavy atom. The van der Waals surface area contributed by atoms with E-state index in [0.717, 1.165) is 57.8 Å². The molecule has 12 atom stereocenters. The Hall–Kier alpha value is -0.690. The summed E-state index contributed by atoms with van der Waals surface area (Å²) in [4.78, 5) is 12.0. The van der Waals surface area contributed by atoms with Crippen molar-refractivity contribution in [2.75, 3.05) is 0 Å². The van der Waals surface area contributed by atoms with E-state index >= 15 is 0 Å². The largest absolute Gasteiger partial charge is 0.460 e. The van der Waals surface area contributed by atoms with Gasteiger partial charge in [0.15, 0.2) is 0 Å².